The molecule has 0 aromatic heterocycles. The first-order chi connectivity index (χ1) is 56.7. The minimum Gasteiger partial charge on any atom is -0.481 e. The fourth-order valence-corrected chi connectivity index (χ4v) is 11.1. The van der Waals surface area contributed by atoms with Crippen LogP contribution in [0.1, 0.15) is 124 Å². The minimum absolute atomic E-state index is 0.000447. The van der Waals surface area contributed by atoms with E-state index in [0.29, 0.717) is 66.0 Å². The Bertz CT molecular complexity index is 4490. The Hall–Kier alpha value is -13.6. The molecule has 32 heteroatoms. The van der Waals surface area contributed by atoms with E-state index in [1.807, 2.05) is 62.4 Å². The molecule has 1 heterocycles. The molecule has 1 amide bonds. The number of aliphatic carboxylic acids is 4. The van der Waals surface area contributed by atoms with Gasteiger partial charge >= 0.3 is 66.2 Å². The van der Waals surface area contributed by atoms with E-state index in [9.17, 15) is 52.2 Å². The Balaban J connectivity index is 0. The highest BCUT2D eigenvalue weighted by Crippen LogP contribution is 2.33. The zero-order valence-corrected chi connectivity index (χ0v) is 68.8. The number of carboxylic acid groups (broad SMARTS) is 4. The van der Waals surface area contributed by atoms with Gasteiger partial charge in [-0.05, 0) is 95.7 Å². The summed E-state index contributed by atoms with van der Waals surface area (Å²) in [6.07, 6.45) is 6.69. The molecule has 0 unspecified atom stereocenters. The Kier molecular flexibility index (Phi) is 58.4. The monoisotopic (exact) mass is 1760 g/mol. The molecule has 119 heavy (non-hydrogen) atoms. The molecule has 1 aliphatic rings. The second-order valence-electron chi connectivity index (χ2n) is 24.6. The van der Waals surface area contributed by atoms with E-state index in [-0.39, 0.29) is 105 Å². The lowest BCUT2D eigenvalue weighted by Crippen LogP contribution is -2.34. The molecule has 626 valence electrons. The van der Waals surface area contributed by atoms with E-state index in [1.165, 1.54) is 44.6 Å². The largest absolute Gasteiger partial charge is 0.481 e. The van der Waals surface area contributed by atoms with Gasteiger partial charge in [-0.15, -0.1) is 0 Å². The number of nitrogens with zero attached hydrogens (tertiary/aromatic N) is 6. The van der Waals surface area contributed by atoms with Crippen molar-refractivity contribution in [3.63, 3.8) is 0 Å². The van der Waals surface area contributed by atoms with Crippen LogP contribution in [0.15, 0.2) is 170 Å². The van der Waals surface area contributed by atoms with Crippen LogP contribution in [-0.2, 0) is 149 Å². The molecule has 0 radical (unpaired) electrons. The van der Waals surface area contributed by atoms with E-state index in [0.717, 1.165) is 92.6 Å². The summed E-state index contributed by atoms with van der Waals surface area (Å²) in [6, 6.07) is 48.3. The van der Waals surface area contributed by atoms with E-state index in [2.05, 4.69) is 68.0 Å². The Morgan fingerprint density at radius 1 is 0.521 bits per heavy atom. The average Bonchev–Trinajstić information content (AvgIpc) is 1.76. The van der Waals surface area contributed by atoms with Crippen LogP contribution >= 0.6 is 31.9 Å². The molecule has 1 fully saturated rings. The van der Waals surface area contributed by atoms with Crippen LogP contribution in [-0.4, -0.2) is 136 Å². The molecular formula is C87H88Br2F2N6O22. The van der Waals surface area contributed by atoms with Crippen LogP contribution < -0.4 is 0 Å². The van der Waals surface area contributed by atoms with Crippen molar-refractivity contribution in [1.82, 2.24) is 4.90 Å². The van der Waals surface area contributed by atoms with E-state index >= 15 is 0 Å². The third kappa shape index (κ3) is 51.1. The van der Waals surface area contributed by atoms with Gasteiger partial charge in [0.05, 0.1) is 110 Å². The number of ether oxygens (including phenoxy) is 3. The summed E-state index contributed by atoms with van der Waals surface area (Å²) in [4.78, 5) is 148. The maximum atomic E-state index is 14.4. The number of carboxylic acids is 4. The SMILES string of the molecule is CCOC(=O)CCCCCCN1C(=O)CC[C@@H]1/C=C/[C@@H](O)C(F)(F)c1ccccc1.COC(=O)Cc1cccc(CC(=O)OC)c1.O=C(O)Cc1cccc(CC(=O)O)c1.O=C(O)Cc1cccc(CC(=O)O)c1.O=C=O.O=C=O.O=C=O.[C-]#[N+]c1cc(C)cc(C)c1.[C-]#[N+]c1cc(CBr)cc(CBr)c1.[C-]#[N+]c1cc(CC#N)cc(CC#N)c1. The Morgan fingerprint density at radius 2 is 0.866 bits per heavy atom. The van der Waals surface area contributed by atoms with Gasteiger partial charge in [-0.1, -0.05) is 226 Å². The molecule has 8 rings (SSSR count). The molecular weight excluding hydrogens is 1680 g/mol. The molecule has 0 spiro atoms. The lowest BCUT2D eigenvalue weighted by Gasteiger charge is -2.24. The number of hydrogen-bond acceptors (Lipinski definition) is 20. The second-order valence-corrected chi connectivity index (χ2v) is 25.7. The molecule has 0 saturated carbocycles. The van der Waals surface area contributed by atoms with Crippen molar-refractivity contribution in [2.24, 2.45) is 0 Å². The zero-order valence-electron chi connectivity index (χ0n) is 65.6. The number of methoxy groups -OCH3 is 2. The quantitative estimate of drug-likeness (QED) is 0.00759. The number of unbranched alkanes of at least 4 members (excludes halogenated alkanes) is 3. The number of amides is 1. The van der Waals surface area contributed by atoms with Crippen molar-refractivity contribution in [3.8, 4) is 12.1 Å². The highest BCUT2D eigenvalue weighted by Gasteiger charge is 2.39. The Labute approximate surface area is 704 Å². The van der Waals surface area contributed by atoms with Crippen molar-refractivity contribution in [3.05, 3.63) is 276 Å². The number of halogens is 4. The molecule has 28 nitrogen and oxygen atoms in total. The number of likely N-dealkylation sites (tertiary alicyclic amines) is 1. The third-order valence-corrected chi connectivity index (χ3v) is 16.6. The van der Waals surface area contributed by atoms with Gasteiger partial charge in [-0.25, -0.2) is 14.5 Å². The van der Waals surface area contributed by atoms with Crippen LogP contribution in [0, 0.1) is 56.2 Å². The highest BCUT2D eigenvalue weighted by molar-refractivity contribution is 9.08. The van der Waals surface area contributed by atoms with Crippen molar-refractivity contribution >= 4 is 115 Å². The topological polar surface area (TPSA) is 432 Å². The smallest absolute Gasteiger partial charge is 0.373 e. The van der Waals surface area contributed by atoms with Crippen LogP contribution in [0.4, 0.5) is 25.8 Å². The van der Waals surface area contributed by atoms with Gasteiger partial charge in [0, 0.05) is 35.6 Å². The molecule has 1 saturated heterocycles. The normalized spacial score (nSPS) is 11.1. The minimum atomic E-state index is -3.40. The number of carbonyl (C=O) groups excluding carboxylic acids is 10. The van der Waals surface area contributed by atoms with Gasteiger partial charge < -0.3 is 44.6 Å². The highest BCUT2D eigenvalue weighted by atomic mass is 79.9. The fourth-order valence-electron chi connectivity index (χ4n) is 10.5. The van der Waals surface area contributed by atoms with Gasteiger partial charge in [-0.3, -0.25) is 38.4 Å². The number of rotatable bonds is 28. The van der Waals surface area contributed by atoms with Crippen LogP contribution in [0.2, 0.25) is 0 Å². The molecule has 7 aromatic carbocycles. The summed E-state index contributed by atoms with van der Waals surface area (Å²) in [5.41, 5.74) is 12.0. The first kappa shape index (κ1) is 107. The molecule has 1 aliphatic heterocycles. The summed E-state index contributed by atoms with van der Waals surface area (Å²) in [7, 11) is 2.70. The molecule has 7 aromatic rings. The summed E-state index contributed by atoms with van der Waals surface area (Å²) < 4.78 is 42.8. The van der Waals surface area contributed by atoms with Gasteiger partial charge in [0.15, 0.2) is 17.1 Å². The van der Waals surface area contributed by atoms with E-state index in [1.54, 1.807) is 96.8 Å². The number of aryl methyl sites for hydroxylation is 2. The molecule has 5 N–H and O–H groups in total. The summed E-state index contributed by atoms with van der Waals surface area (Å²) >= 11 is 6.73. The number of alkyl halides is 4. The lowest BCUT2D eigenvalue weighted by molar-refractivity contribution is -0.193. The standard InChI is InChI=1S/C23H31F2NO4.C12H14O4.C11H7N3.2C10H10O4.C9H7Br2N.C9H9N.3CO2/c1-2-30-22(29)12-8-3-4-9-17-26-19(14-16-21(26)28)13-15-20(27)23(24,25)18-10-6-5-7-11-18;1-15-11(13)7-9-4-3-5-10(6-9)8-12(14)16-2;1-14-11-7-9(2-4-12)6-10(8-11)3-5-13;2*11-9(12)5-7-2-1-3-8(4-7)6-10(13)14;1-12-9-3-7(5-10)2-8(4-9)6-11;1-7-4-8(2)6-9(5-7)10-3;3*2-1-3/h5-7,10-11,13,15,19-20,27H,2-4,8-9,12,14,16-17H2,1H3;3-6H,7-8H2,1-2H3;6-8H,2-3H2;2*1-4H,5-6H2,(H,11,12)(H,13,14);2-4H,5-6H2;4-6H,1-2H3;;;/b15-13+;;;;;;;;;/t19-,20+;;;;;;;;;/m0........./s1. The molecule has 2 atom stereocenters. The summed E-state index contributed by atoms with van der Waals surface area (Å²) in [6.45, 7) is 27.2. The van der Waals surface area contributed by atoms with E-state index in [4.69, 9.17) is 84.2 Å². The summed E-state index contributed by atoms with van der Waals surface area (Å²) in [5, 5.41) is 62.7. The first-order valence-electron chi connectivity index (χ1n) is 35.5. The van der Waals surface area contributed by atoms with Crippen molar-refractivity contribution < 1.29 is 116 Å². The number of esters is 3. The van der Waals surface area contributed by atoms with Gasteiger partial charge in [0.25, 0.3) is 0 Å². The van der Waals surface area contributed by atoms with Gasteiger partial charge in [0.1, 0.15) is 6.10 Å². The van der Waals surface area contributed by atoms with Crippen molar-refractivity contribution in [2.45, 2.75) is 146 Å². The summed E-state index contributed by atoms with van der Waals surface area (Å²) in [5.74, 6) is -7.86. The molecule has 0 aliphatic carbocycles. The maximum Gasteiger partial charge on any atom is 0.373 e. The zero-order chi connectivity index (χ0) is 90.1. The predicted octanol–water partition coefficient (Wildman–Crippen LogP) is 14.7. The maximum absolute atomic E-state index is 14.4. The van der Waals surface area contributed by atoms with Crippen LogP contribution in [0.5, 0.6) is 0 Å². The number of carbonyl (C=O) groups is 8. The number of aliphatic hydroxyl groups is 1. The number of benzene rings is 7. The third-order valence-electron chi connectivity index (χ3n) is 15.3. The fraction of sp³-hybridized carbons (Fsp3) is 0.310. The number of nitriles is 2. The number of aliphatic hydroxyl groups excluding tert-OH is 1. The number of hydrogen-bond donors (Lipinski definition) is 5. The van der Waals surface area contributed by atoms with Crippen LogP contribution in [0.3, 0.4) is 0 Å². The molecule has 0 bridgehead atoms. The van der Waals surface area contributed by atoms with Gasteiger partial charge in [-0.2, -0.15) is 48.1 Å². The van der Waals surface area contributed by atoms with E-state index < -0.39 is 35.9 Å². The lowest BCUT2D eigenvalue weighted by atomic mass is 10.0. The van der Waals surface area contributed by atoms with Crippen molar-refractivity contribution in [1.29, 1.82) is 10.5 Å². The van der Waals surface area contributed by atoms with Gasteiger partial charge in [0.2, 0.25) is 5.91 Å². The first-order valence-corrected chi connectivity index (χ1v) is 37.8. The second kappa shape index (κ2) is 64.7. The van der Waals surface area contributed by atoms with Crippen LogP contribution in [0.25, 0.3) is 14.5 Å². The van der Waals surface area contributed by atoms with Crippen molar-refractivity contribution in [2.75, 3.05) is 27.4 Å². The Morgan fingerprint density at radius 3 is 1.21 bits per heavy atom. The predicted molar refractivity (Wildman–Crippen MR) is 433 cm³/mol. The average molecular weight is 1770 g/mol.